The number of rotatable bonds is 5. The van der Waals surface area contributed by atoms with E-state index in [1.54, 1.807) is 29.2 Å². The summed E-state index contributed by atoms with van der Waals surface area (Å²) in [4.78, 5) is 19.4. The van der Waals surface area contributed by atoms with Crippen LogP contribution in [0.5, 0.6) is 5.75 Å². The molecule has 0 radical (unpaired) electrons. The molecule has 2 N–H and O–H groups in total. The number of pyridine rings is 1. The zero-order valence-electron chi connectivity index (χ0n) is 15.8. The van der Waals surface area contributed by atoms with Crippen LogP contribution >= 0.6 is 0 Å². The van der Waals surface area contributed by atoms with Crippen molar-refractivity contribution in [2.24, 2.45) is 0 Å². The van der Waals surface area contributed by atoms with Gasteiger partial charge in [0.05, 0.1) is 23.7 Å². The highest BCUT2D eigenvalue weighted by Crippen LogP contribution is 2.24. The Labute approximate surface area is 158 Å². The Kier molecular flexibility index (Phi) is 5.42. The summed E-state index contributed by atoms with van der Waals surface area (Å²) >= 11 is 0. The molecule has 1 unspecified atom stereocenters. The molecule has 140 valence electrons. The lowest BCUT2D eigenvalue weighted by atomic mass is 10.0. The minimum Gasteiger partial charge on any atom is -0.508 e. The largest absolute Gasteiger partial charge is 0.508 e. The Balaban J connectivity index is 1.94. The Hall–Kier alpha value is -2.92. The van der Waals surface area contributed by atoms with Crippen molar-refractivity contribution in [3.8, 4) is 5.75 Å². The van der Waals surface area contributed by atoms with E-state index in [0.717, 1.165) is 22.2 Å². The highest BCUT2D eigenvalue weighted by molar-refractivity contribution is 6.06. The molecule has 2 aromatic carbocycles. The number of benzene rings is 2. The van der Waals surface area contributed by atoms with Crippen LogP contribution < -0.4 is 0 Å². The quantitative estimate of drug-likeness (QED) is 0.723. The van der Waals surface area contributed by atoms with E-state index in [9.17, 15) is 15.0 Å². The van der Waals surface area contributed by atoms with Gasteiger partial charge in [-0.3, -0.25) is 9.78 Å². The smallest absolute Gasteiger partial charge is 0.254 e. The standard InChI is InChI=1S/C22H24N2O3/c1-4-24(13-20(26)16-8-6-9-17(25)12-16)22(27)19-11-15(3)23-21-14(2)7-5-10-18(19)21/h5-12,20,25-26H,4,13H2,1-3H3. The summed E-state index contributed by atoms with van der Waals surface area (Å²) in [5, 5.41) is 21.0. The summed E-state index contributed by atoms with van der Waals surface area (Å²) in [5.41, 5.74) is 3.79. The van der Waals surface area contributed by atoms with Crippen LogP contribution in [0, 0.1) is 13.8 Å². The molecule has 1 heterocycles. The van der Waals surface area contributed by atoms with E-state index in [1.807, 2.05) is 39.0 Å². The van der Waals surface area contributed by atoms with Crippen molar-refractivity contribution < 1.29 is 15.0 Å². The van der Waals surface area contributed by atoms with Crippen molar-refractivity contribution in [3.05, 3.63) is 70.9 Å². The highest BCUT2D eigenvalue weighted by atomic mass is 16.3. The van der Waals surface area contributed by atoms with Gasteiger partial charge >= 0.3 is 0 Å². The van der Waals surface area contributed by atoms with Crippen molar-refractivity contribution in [1.29, 1.82) is 0 Å². The third-order valence-corrected chi connectivity index (χ3v) is 4.72. The first-order valence-electron chi connectivity index (χ1n) is 9.04. The minimum absolute atomic E-state index is 0.0900. The van der Waals surface area contributed by atoms with Crippen molar-refractivity contribution >= 4 is 16.8 Å². The zero-order chi connectivity index (χ0) is 19.6. The average molecular weight is 364 g/mol. The number of likely N-dealkylation sites (N-methyl/N-ethyl adjacent to an activating group) is 1. The molecule has 0 aliphatic carbocycles. The molecule has 1 aromatic heterocycles. The predicted molar refractivity (Wildman–Crippen MR) is 106 cm³/mol. The maximum absolute atomic E-state index is 13.2. The molecule has 0 spiro atoms. The maximum Gasteiger partial charge on any atom is 0.254 e. The number of carbonyl (C=O) groups excluding carboxylic acids is 1. The molecule has 27 heavy (non-hydrogen) atoms. The van der Waals surface area contributed by atoms with Crippen LogP contribution in [-0.2, 0) is 0 Å². The lowest BCUT2D eigenvalue weighted by Gasteiger charge is -2.25. The van der Waals surface area contributed by atoms with E-state index >= 15 is 0 Å². The number of aryl methyl sites for hydroxylation is 2. The first-order chi connectivity index (χ1) is 12.9. The summed E-state index contributed by atoms with van der Waals surface area (Å²) < 4.78 is 0. The topological polar surface area (TPSA) is 73.7 Å². The first-order valence-corrected chi connectivity index (χ1v) is 9.04. The van der Waals surface area contributed by atoms with Gasteiger partial charge < -0.3 is 15.1 Å². The van der Waals surface area contributed by atoms with Gasteiger partial charge in [0.15, 0.2) is 0 Å². The number of fused-ring (bicyclic) bond motifs is 1. The third-order valence-electron chi connectivity index (χ3n) is 4.72. The van der Waals surface area contributed by atoms with Crippen LogP contribution in [0.15, 0.2) is 48.5 Å². The molecule has 1 amide bonds. The Morgan fingerprint density at radius 1 is 1.15 bits per heavy atom. The maximum atomic E-state index is 13.2. The number of aromatic nitrogens is 1. The van der Waals surface area contributed by atoms with Gasteiger partial charge in [-0.15, -0.1) is 0 Å². The molecule has 5 heteroatoms. The van der Waals surface area contributed by atoms with Crippen LogP contribution in [0.3, 0.4) is 0 Å². The summed E-state index contributed by atoms with van der Waals surface area (Å²) in [6.07, 6.45) is -0.878. The molecule has 0 aliphatic heterocycles. The summed E-state index contributed by atoms with van der Waals surface area (Å²) in [6.45, 7) is 6.35. The van der Waals surface area contributed by atoms with E-state index in [1.165, 1.54) is 6.07 Å². The second-order valence-electron chi connectivity index (χ2n) is 6.74. The van der Waals surface area contributed by atoms with Crippen molar-refractivity contribution in [2.75, 3.05) is 13.1 Å². The fraction of sp³-hybridized carbons (Fsp3) is 0.273. The van der Waals surface area contributed by atoms with E-state index in [-0.39, 0.29) is 18.2 Å². The number of amides is 1. The third kappa shape index (κ3) is 3.93. The van der Waals surface area contributed by atoms with Crippen LogP contribution in [0.2, 0.25) is 0 Å². The monoisotopic (exact) mass is 364 g/mol. The molecule has 3 aromatic rings. The molecular weight excluding hydrogens is 340 g/mol. The van der Waals surface area contributed by atoms with Gasteiger partial charge in [-0.25, -0.2) is 0 Å². The SMILES string of the molecule is CCN(CC(O)c1cccc(O)c1)C(=O)c1cc(C)nc2c(C)cccc12. The number of aliphatic hydroxyl groups is 1. The molecule has 5 nitrogen and oxygen atoms in total. The Bertz CT molecular complexity index is 984. The number of hydrogen-bond acceptors (Lipinski definition) is 4. The van der Waals surface area contributed by atoms with Gasteiger partial charge in [0.1, 0.15) is 5.75 Å². The lowest BCUT2D eigenvalue weighted by Crippen LogP contribution is -2.34. The molecular formula is C22H24N2O3. The minimum atomic E-state index is -0.878. The number of aromatic hydroxyl groups is 1. The van der Waals surface area contributed by atoms with E-state index in [4.69, 9.17) is 0 Å². The number of carbonyl (C=O) groups is 1. The summed E-state index contributed by atoms with van der Waals surface area (Å²) in [7, 11) is 0. The normalized spacial score (nSPS) is 12.1. The van der Waals surface area contributed by atoms with Crippen molar-refractivity contribution in [2.45, 2.75) is 26.9 Å². The molecule has 0 fully saturated rings. The molecule has 3 rings (SSSR count). The zero-order valence-corrected chi connectivity index (χ0v) is 15.8. The number of nitrogens with zero attached hydrogens (tertiary/aromatic N) is 2. The van der Waals surface area contributed by atoms with Crippen LogP contribution in [-0.4, -0.2) is 39.1 Å². The molecule has 1 atom stereocenters. The summed E-state index contributed by atoms with van der Waals surface area (Å²) in [6, 6.07) is 14.1. The van der Waals surface area contributed by atoms with E-state index in [2.05, 4.69) is 4.98 Å². The van der Waals surface area contributed by atoms with Crippen LogP contribution in [0.4, 0.5) is 0 Å². The second kappa shape index (κ2) is 7.76. The highest BCUT2D eigenvalue weighted by Gasteiger charge is 2.21. The first kappa shape index (κ1) is 18.9. The van der Waals surface area contributed by atoms with Crippen LogP contribution in [0.1, 0.15) is 40.2 Å². The molecule has 0 saturated carbocycles. The van der Waals surface area contributed by atoms with Gasteiger partial charge in [0.2, 0.25) is 0 Å². The van der Waals surface area contributed by atoms with Crippen molar-refractivity contribution in [3.63, 3.8) is 0 Å². The molecule has 0 saturated heterocycles. The Morgan fingerprint density at radius 3 is 2.59 bits per heavy atom. The van der Waals surface area contributed by atoms with Crippen molar-refractivity contribution in [1.82, 2.24) is 9.88 Å². The van der Waals surface area contributed by atoms with E-state index < -0.39 is 6.10 Å². The number of hydrogen-bond donors (Lipinski definition) is 2. The fourth-order valence-electron chi connectivity index (χ4n) is 3.27. The fourth-order valence-corrected chi connectivity index (χ4v) is 3.27. The lowest BCUT2D eigenvalue weighted by molar-refractivity contribution is 0.0636. The average Bonchev–Trinajstić information content (AvgIpc) is 2.65. The predicted octanol–water partition coefficient (Wildman–Crippen LogP) is 3.75. The number of phenolic OH excluding ortho intramolecular Hbond substituents is 1. The second-order valence-corrected chi connectivity index (χ2v) is 6.74. The molecule has 0 bridgehead atoms. The number of phenols is 1. The van der Waals surface area contributed by atoms with Gasteiger partial charge in [0, 0.05) is 17.6 Å². The van der Waals surface area contributed by atoms with Crippen LogP contribution in [0.25, 0.3) is 10.9 Å². The van der Waals surface area contributed by atoms with Gasteiger partial charge in [-0.05, 0) is 50.1 Å². The Morgan fingerprint density at radius 2 is 1.89 bits per heavy atom. The van der Waals surface area contributed by atoms with E-state index in [0.29, 0.717) is 17.7 Å². The number of aliphatic hydroxyl groups excluding tert-OH is 1. The van der Waals surface area contributed by atoms with Gasteiger partial charge in [-0.2, -0.15) is 0 Å². The molecule has 0 aliphatic rings. The number of para-hydroxylation sites is 1. The van der Waals surface area contributed by atoms with Gasteiger partial charge in [0.25, 0.3) is 5.91 Å². The van der Waals surface area contributed by atoms with Gasteiger partial charge in [-0.1, -0.05) is 30.3 Å². The summed E-state index contributed by atoms with van der Waals surface area (Å²) in [5.74, 6) is -0.0510.